The summed E-state index contributed by atoms with van der Waals surface area (Å²) in [4.78, 5) is 27.6. The van der Waals surface area contributed by atoms with Gasteiger partial charge in [0, 0.05) is 19.1 Å². The van der Waals surface area contributed by atoms with Crippen molar-refractivity contribution in [1.82, 2.24) is 14.9 Å². The van der Waals surface area contributed by atoms with Crippen molar-refractivity contribution in [3.63, 3.8) is 0 Å². The number of sulfonamides is 1. The SMILES string of the molecule is CC(C)NS(=O)(=O)Cc1ccc(CNC(=O)C2CCCN2C(=O)c2cccs2)cc1. The molecule has 7 nitrogen and oxygen atoms in total. The number of amides is 2. The fourth-order valence-corrected chi connectivity index (χ4v) is 5.62. The molecule has 2 aromatic rings. The van der Waals surface area contributed by atoms with Crippen LogP contribution in [0.3, 0.4) is 0 Å². The molecule has 0 bridgehead atoms. The van der Waals surface area contributed by atoms with Crippen LogP contribution in [0.4, 0.5) is 0 Å². The van der Waals surface area contributed by atoms with Crippen molar-refractivity contribution in [2.45, 2.75) is 51.1 Å². The van der Waals surface area contributed by atoms with Gasteiger partial charge in [-0.1, -0.05) is 30.3 Å². The lowest BCUT2D eigenvalue weighted by molar-refractivity contribution is -0.125. The van der Waals surface area contributed by atoms with Crippen LogP contribution in [0, 0.1) is 0 Å². The fraction of sp³-hybridized carbons (Fsp3) is 0.429. The minimum absolute atomic E-state index is 0.0836. The third kappa shape index (κ3) is 5.90. The van der Waals surface area contributed by atoms with Crippen molar-refractivity contribution in [3.8, 4) is 0 Å². The molecule has 1 unspecified atom stereocenters. The minimum Gasteiger partial charge on any atom is -0.350 e. The van der Waals surface area contributed by atoms with Crippen LogP contribution >= 0.6 is 11.3 Å². The summed E-state index contributed by atoms with van der Waals surface area (Å²) in [5.74, 6) is -0.340. The van der Waals surface area contributed by atoms with Crippen LogP contribution in [0.5, 0.6) is 0 Å². The van der Waals surface area contributed by atoms with Crippen molar-refractivity contribution in [3.05, 3.63) is 57.8 Å². The van der Waals surface area contributed by atoms with Gasteiger partial charge in [-0.05, 0) is 49.3 Å². The third-order valence-corrected chi connectivity index (χ3v) is 7.21. The number of thiophene rings is 1. The summed E-state index contributed by atoms with van der Waals surface area (Å²) in [6.07, 6.45) is 1.46. The molecule has 162 valence electrons. The summed E-state index contributed by atoms with van der Waals surface area (Å²) < 4.78 is 26.6. The van der Waals surface area contributed by atoms with Gasteiger partial charge in [-0.3, -0.25) is 9.59 Å². The summed E-state index contributed by atoms with van der Waals surface area (Å²) in [6, 6.07) is 10.1. The fourth-order valence-electron chi connectivity index (χ4n) is 3.50. The first kappa shape index (κ1) is 22.5. The van der Waals surface area contributed by atoms with Gasteiger partial charge in [0.1, 0.15) is 6.04 Å². The zero-order chi connectivity index (χ0) is 21.7. The van der Waals surface area contributed by atoms with Crippen molar-refractivity contribution < 1.29 is 18.0 Å². The van der Waals surface area contributed by atoms with Crippen LogP contribution in [0.25, 0.3) is 0 Å². The first-order chi connectivity index (χ1) is 14.2. The van der Waals surface area contributed by atoms with E-state index >= 15 is 0 Å². The molecular weight excluding hydrogens is 422 g/mol. The summed E-state index contributed by atoms with van der Waals surface area (Å²) in [5.41, 5.74) is 1.55. The highest BCUT2D eigenvalue weighted by atomic mass is 32.2. The molecule has 0 saturated carbocycles. The minimum atomic E-state index is -3.37. The number of hydrogen-bond donors (Lipinski definition) is 2. The molecule has 1 atom stereocenters. The molecule has 1 fully saturated rings. The molecule has 30 heavy (non-hydrogen) atoms. The molecule has 0 spiro atoms. The van der Waals surface area contributed by atoms with Gasteiger partial charge in [-0.25, -0.2) is 13.1 Å². The zero-order valence-electron chi connectivity index (χ0n) is 17.1. The first-order valence-electron chi connectivity index (χ1n) is 9.95. The normalized spacial score (nSPS) is 16.8. The van der Waals surface area contributed by atoms with Gasteiger partial charge in [0.2, 0.25) is 15.9 Å². The van der Waals surface area contributed by atoms with Gasteiger partial charge in [-0.2, -0.15) is 0 Å². The van der Waals surface area contributed by atoms with E-state index in [1.807, 2.05) is 23.6 Å². The number of hydrogen-bond acceptors (Lipinski definition) is 5. The largest absolute Gasteiger partial charge is 0.350 e. The van der Waals surface area contributed by atoms with Gasteiger partial charge in [0.05, 0.1) is 10.6 Å². The Labute approximate surface area is 181 Å². The summed E-state index contributed by atoms with van der Waals surface area (Å²) in [7, 11) is -3.37. The number of nitrogens with one attached hydrogen (secondary N) is 2. The second-order valence-corrected chi connectivity index (χ2v) is 10.4. The Bertz CT molecular complexity index is 970. The monoisotopic (exact) mass is 449 g/mol. The summed E-state index contributed by atoms with van der Waals surface area (Å²) in [5, 5.41) is 4.76. The maximum Gasteiger partial charge on any atom is 0.264 e. The Morgan fingerprint density at radius 2 is 1.87 bits per heavy atom. The van der Waals surface area contributed by atoms with Gasteiger partial charge in [-0.15, -0.1) is 11.3 Å². The number of nitrogens with zero attached hydrogens (tertiary/aromatic N) is 1. The van der Waals surface area contributed by atoms with E-state index in [1.54, 1.807) is 36.9 Å². The maximum absolute atomic E-state index is 12.7. The van der Waals surface area contributed by atoms with E-state index in [1.165, 1.54) is 11.3 Å². The Morgan fingerprint density at radius 3 is 2.50 bits per heavy atom. The van der Waals surface area contributed by atoms with E-state index in [2.05, 4.69) is 10.0 Å². The van der Waals surface area contributed by atoms with Crippen LogP contribution in [-0.4, -0.2) is 43.8 Å². The molecule has 1 aliphatic rings. The molecule has 2 amide bonds. The van der Waals surface area contributed by atoms with Crippen molar-refractivity contribution >= 4 is 33.2 Å². The second kappa shape index (κ2) is 9.72. The average molecular weight is 450 g/mol. The summed E-state index contributed by atoms with van der Waals surface area (Å²) >= 11 is 1.38. The van der Waals surface area contributed by atoms with E-state index in [4.69, 9.17) is 0 Å². The molecular formula is C21H27N3O4S2. The maximum atomic E-state index is 12.7. The smallest absolute Gasteiger partial charge is 0.264 e. The Balaban J connectivity index is 1.55. The molecule has 1 aromatic carbocycles. The predicted molar refractivity (Wildman–Crippen MR) is 118 cm³/mol. The van der Waals surface area contributed by atoms with Crippen LogP contribution < -0.4 is 10.0 Å². The third-order valence-electron chi connectivity index (χ3n) is 4.81. The van der Waals surface area contributed by atoms with E-state index in [0.29, 0.717) is 30.0 Å². The average Bonchev–Trinajstić information content (AvgIpc) is 3.37. The molecule has 1 aliphatic heterocycles. The van der Waals surface area contributed by atoms with Crippen molar-refractivity contribution in [2.75, 3.05) is 6.54 Å². The standard InChI is InChI=1S/C21H27N3O4S2/c1-15(2)23-30(27,28)14-17-9-7-16(8-10-17)13-22-20(25)18-5-3-11-24(18)21(26)19-6-4-12-29-19/h4,6-10,12,15,18,23H,3,5,11,13-14H2,1-2H3,(H,22,25). The van der Waals surface area contributed by atoms with E-state index in [-0.39, 0.29) is 23.6 Å². The number of rotatable bonds is 8. The van der Waals surface area contributed by atoms with Crippen molar-refractivity contribution in [1.29, 1.82) is 0 Å². The van der Waals surface area contributed by atoms with Gasteiger partial charge in [0.15, 0.2) is 0 Å². The number of benzene rings is 1. The van der Waals surface area contributed by atoms with E-state index in [9.17, 15) is 18.0 Å². The van der Waals surface area contributed by atoms with Crippen LogP contribution in [0.2, 0.25) is 0 Å². The zero-order valence-corrected chi connectivity index (χ0v) is 18.8. The second-order valence-electron chi connectivity index (χ2n) is 7.70. The Kier molecular flexibility index (Phi) is 7.27. The topological polar surface area (TPSA) is 95.6 Å². The molecule has 2 heterocycles. The highest BCUT2D eigenvalue weighted by Crippen LogP contribution is 2.22. The van der Waals surface area contributed by atoms with Gasteiger partial charge in [0.25, 0.3) is 5.91 Å². The quantitative estimate of drug-likeness (QED) is 0.647. The molecule has 0 radical (unpaired) electrons. The highest BCUT2D eigenvalue weighted by Gasteiger charge is 2.34. The van der Waals surface area contributed by atoms with Crippen LogP contribution in [-0.2, 0) is 27.1 Å². The molecule has 3 rings (SSSR count). The highest BCUT2D eigenvalue weighted by molar-refractivity contribution is 7.88. The lowest BCUT2D eigenvalue weighted by Gasteiger charge is -2.23. The molecule has 9 heteroatoms. The number of carbonyl (C=O) groups excluding carboxylic acids is 2. The lowest BCUT2D eigenvalue weighted by Crippen LogP contribution is -2.45. The lowest BCUT2D eigenvalue weighted by atomic mass is 10.1. The van der Waals surface area contributed by atoms with E-state index < -0.39 is 16.1 Å². The molecule has 0 aliphatic carbocycles. The Morgan fingerprint density at radius 1 is 1.17 bits per heavy atom. The first-order valence-corrected chi connectivity index (χ1v) is 12.5. The molecule has 2 N–H and O–H groups in total. The van der Waals surface area contributed by atoms with E-state index in [0.717, 1.165) is 12.0 Å². The van der Waals surface area contributed by atoms with Crippen LogP contribution in [0.1, 0.15) is 47.5 Å². The molecule has 1 saturated heterocycles. The van der Waals surface area contributed by atoms with Crippen molar-refractivity contribution in [2.24, 2.45) is 0 Å². The summed E-state index contributed by atoms with van der Waals surface area (Å²) in [6.45, 7) is 4.47. The van der Waals surface area contributed by atoms with Crippen LogP contribution in [0.15, 0.2) is 41.8 Å². The molecule has 1 aromatic heterocycles. The number of carbonyl (C=O) groups is 2. The predicted octanol–water partition coefficient (Wildman–Crippen LogP) is 2.50. The Hall–Kier alpha value is -2.23. The van der Waals surface area contributed by atoms with Gasteiger partial charge < -0.3 is 10.2 Å². The van der Waals surface area contributed by atoms with Gasteiger partial charge >= 0.3 is 0 Å². The number of likely N-dealkylation sites (tertiary alicyclic amines) is 1.